The number of carbonyl (C=O) groups excluding carboxylic acids is 1. The predicted molar refractivity (Wildman–Crippen MR) is 101 cm³/mol. The normalized spacial score (nSPS) is 27.3. The minimum Gasteiger partial charge on any atom is -0.479 e. The summed E-state index contributed by atoms with van der Waals surface area (Å²) in [5, 5.41) is 38.5. The zero-order chi connectivity index (χ0) is 22.0. The van der Waals surface area contributed by atoms with Gasteiger partial charge >= 0.3 is 11.9 Å². The summed E-state index contributed by atoms with van der Waals surface area (Å²) in [4.78, 5) is 23.6. The van der Waals surface area contributed by atoms with Crippen LogP contribution in [-0.2, 0) is 19.1 Å². The molecule has 1 heterocycles. The number of hydrogen-bond donors (Lipinski definition) is 4. The second-order valence-corrected chi connectivity index (χ2v) is 7.00. The number of carboxylic acid groups (broad SMARTS) is 1. The molecule has 8 nitrogen and oxygen atoms in total. The minimum absolute atomic E-state index is 0.290. The highest BCUT2D eigenvalue weighted by molar-refractivity contribution is 5.78. The van der Waals surface area contributed by atoms with Gasteiger partial charge in [0.15, 0.2) is 6.10 Å². The third kappa shape index (κ3) is 4.34. The third-order valence-electron chi connectivity index (χ3n) is 4.98. The van der Waals surface area contributed by atoms with Crippen LogP contribution in [0.2, 0.25) is 0 Å². The zero-order valence-corrected chi connectivity index (χ0v) is 15.9. The Balaban J connectivity index is 1.74. The van der Waals surface area contributed by atoms with E-state index in [9.17, 15) is 29.3 Å². The molecular weight excluding hydrogens is 399 g/mol. The van der Waals surface area contributed by atoms with E-state index in [0.717, 1.165) is 0 Å². The van der Waals surface area contributed by atoms with Crippen molar-refractivity contribution >= 4 is 11.9 Å². The predicted octanol–water partition coefficient (Wildman–Crippen LogP) is 1.03. The van der Waals surface area contributed by atoms with Crippen LogP contribution in [0.5, 0.6) is 0 Å². The van der Waals surface area contributed by atoms with E-state index in [2.05, 4.69) is 0 Å². The smallest absolute Gasteiger partial charge is 0.335 e. The summed E-state index contributed by atoms with van der Waals surface area (Å²) in [6.45, 7) is 1.44. The van der Waals surface area contributed by atoms with E-state index in [-0.39, 0.29) is 5.56 Å². The number of rotatable bonds is 5. The van der Waals surface area contributed by atoms with Crippen LogP contribution in [0.15, 0.2) is 48.5 Å². The van der Waals surface area contributed by atoms with Crippen LogP contribution in [0.3, 0.4) is 0 Å². The number of ether oxygens (including phenoxy) is 2. The maximum absolute atomic E-state index is 14.6. The Morgan fingerprint density at radius 3 is 2.30 bits per heavy atom. The molecule has 3 rings (SSSR count). The lowest BCUT2D eigenvalue weighted by Crippen LogP contribution is -2.60. The Hall–Kier alpha value is -2.85. The molecule has 160 valence electrons. The molecule has 1 fully saturated rings. The lowest BCUT2D eigenvalue weighted by atomic mass is 9.96. The Labute approximate surface area is 171 Å². The minimum atomic E-state index is -1.90. The van der Waals surface area contributed by atoms with Crippen molar-refractivity contribution in [2.45, 2.75) is 43.5 Å². The van der Waals surface area contributed by atoms with Gasteiger partial charge in [0.2, 0.25) is 6.29 Å². The van der Waals surface area contributed by atoms with Crippen LogP contribution in [0.25, 0.3) is 11.1 Å². The maximum Gasteiger partial charge on any atom is 0.335 e. The van der Waals surface area contributed by atoms with Gasteiger partial charge in [-0.2, -0.15) is 0 Å². The van der Waals surface area contributed by atoms with Crippen LogP contribution in [0, 0.1) is 5.82 Å². The SMILES string of the molecule is CC(C(=O)O[C@@H]1O[C@H](C(=O)O)[C@@H](O)[C@H](O)[C@H]1O)c1ccc(-c2ccccc2)c(F)c1. The Morgan fingerprint density at radius 2 is 1.70 bits per heavy atom. The van der Waals surface area contributed by atoms with Crippen LogP contribution in [-0.4, -0.2) is 63.1 Å². The molecule has 0 aromatic heterocycles. The molecule has 9 heteroatoms. The quantitative estimate of drug-likeness (QED) is 0.527. The van der Waals surface area contributed by atoms with Crippen LogP contribution < -0.4 is 0 Å². The van der Waals surface area contributed by atoms with E-state index in [1.165, 1.54) is 19.1 Å². The molecule has 30 heavy (non-hydrogen) atoms. The molecule has 0 bridgehead atoms. The van der Waals surface area contributed by atoms with Gasteiger partial charge in [0.25, 0.3) is 0 Å². The number of aliphatic hydroxyl groups is 3. The topological polar surface area (TPSA) is 134 Å². The molecular formula is C21H21FO8. The van der Waals surface area contributed by atoms with Gasteiger partial charge in [0.1, 0.15) is 24.1 Å². The van der Waals surface area contributed by atoms with Crippen molar-refractivity contribution in [1.29, 1.82) is 0 Å². The number of hydrogen-bond acceptors (Lipinski definition) is 7. The first-order chi connectivity index (χ1) is 14.2. The number of aliphatic hydroxyl groups excluding tert-OH is 3. The Bertz CT molecular complexity index is 918. The van der Waals surface area contributed by atoms with Crippen molar-refractivity contribution in [2.24, 2.45) is 0 Å². The number of carbonyl (C=O) groups is 2. The fraction of sp³-hybridized carbons (Fsp3) is 0.333. The fourth-order valence-electron chi connectivity index (χ4n) is 3.15. The average molecular weight is 420 g/mol. The van der Waals surface area contributed by atoms with Gasteiger partial charge in [0.05, 0.1) is 5.92 Å². The molecule has 6 atom stereocenters. The fourth-order valence-corrected chi connectivity index (χ4v) is 3.15. The third-order valence-corrected chi connectivity index (χ3v) is 4.98. The van der Waals surface area contributed by atoms with E-state index < -0.39 is 54.4 Å². The monoisotopic (exact) mass is 420 g/mol. The summed E-state index contributed by atoms with van der Waals surface area (Å²) >= 11 is 0. The van der Waals surface area contributed by atoms with Gasteiger partial charge in [-0.1, -0.05) is 42.5 Å². The molecule has 0 radical (unpaired) electrons. The van der Waals surface area contributed by atoms with Gasteiger partial charge in [-0.25, -0.2) is 9.18 Å². The first kappa shape index (κ1) is 21.8. The molecule has 1 unspecified atom stereocenters. The molecule has 0 aliphatic carbocycles. The molecule has 1 saturated heterocycles. The lowest BCUT2D eigenvalue weighted by molar-refractivity contribution is -0.286. The highest BCUT2D eigenvalue weighted by Crippen LogP contribution is 2.28. The number of carboxylic acids is 1. The van der Waals surface area contributed by atoms with Crippen molar-refractivity contribution in [3.63, 3.8) is 0 Å². The number of benzene rings is 2. The molecule has 2 aromatic rings. The second-order valence-electron chi connectivity index (χ2n) is 7.00. The Morgan fingerprint density at radius 1 is 1.03 bits per heavy atom. The first-order valence-corrected chi connectivity index (χ1v) is 9.18. The van der Waals surface area contributed by atoms with Crippen molar-refractivity contribution in [1.82, 2.24) is 0 Å². The molecule has 4 N–H and O–H groups in total. The van der Waals surface area contributed by atoms with Crippen molar-refractivity contribution in [3.05, 3.63) is 59.9 Å². The van der Waals surface area contributed by atoms with E-state index in [4.69, 9.17) is 14.6 Å². The summed E-state index contributed by atoms with van der Waals surface area (Å²) in [5.41, 5.74) is 1.31. The summed E-state index contributed by atoms with van der Waals surface area (Å²) in [6.07, 6.45) is -9.35. The Kier molecular flexibility index (Phi) is 6.47. The number of aliphatic carboxylic acids is 1. The standard InChI is InChI=1S/C21H21FO8/c1-10(12-7-8-13(14(22)9-12)11-5-3-2-4-6-11)20(28)30-21-17(25)15(23)16(24)18(29-21)19(26)27/h2-10,15-18,21,23-25H,1H3,(H,26,27)/t10?,15-,16-,17+,18-,21-/m0/s1. The number of halogens is 1. The molecule has 0 amide bonds. The van der Waals surface area contributed by atoms with E-state index in [1.54, 1.807) is 36.4 Å². The van der Waals surface area contributed by atoms with Gasteiger partial charge in [-0.05, 0) is 24.1 Å². The summed E-state index contributed by atoms with van der Waals surface area (Å²) in [5.74, 6) is -4.05. The highest BCUT2D eigenvalue weighted by atomic mass is 19.1. The van der Waals surface area contributed by atoms with Gasteiger partial charge in [-0.15, -0.1) is 0 Å². The van der Waals surface area contributed by atoms with Crippen molar-refractivity contribution in [3.8, 4) is 11.1 Å². The summed E-state index contributed by atoms with van der Waals surface area (Å²) in [6, 6.07) is 13.1. The van der Waals surface area contributed by atoms with E-state index >= 15 is 0 Å². The van der Waals surface area contributed by atoms with E-state index in [1.807, 2.05) is 0 Å². The molecule has 1 aliphatic rings. The second kappa shape index (κ2) is 8.88. The van der Waals surface area contributed by atoms with E-state index in [0.29, 0.717) is 11.1 Å². The summed E-state index contributed by atoms with van der Waals surface area (Å²) in [7, 11) is 0. The average Bonchev–Trinajstić information content (AvgIpc) is 2.73. The van der Waals surface area contributed by atoms with Crippen LogP contribution >= 0.6 is 0 Å². The van der Waals surface area contributed by atoms with Crippen molar-refractivity contribution in [2.75, 3.05) is 0 Å². The first-order valence-electron chi connectivity index (χ1n) is 9.18. The molecule has 2 aromatic carbocycles. The molecule has 0 spiro atoms. The van der Waals surface area contributed by atoms with Gasteiger partial charge in [0, 0.05) is 5.56 Å². The highest BCUT2D eigenvalue weighted by Gasteiger charge is 2.48. The van der Waals surface area contributed by atoms with Crippen molar-refractivity contribution < 1.29 is 43.9 Å². The van der Waals surface area contributed by atoms with Gasteiger partial charge in [-0.3, -0.25) is 4.79 Å². The largest absolute Gasteiger partial charge is 0.479 e. The summed E-state index contributed by atoms with van der Waals surface area (Å²) < 4.78 is 24.5. The lowest BCUT2D eigenvalue weighted by Gasteiger charge is -2.38. The molecule has 0 saturated carbocycles. The van der Waals surface area contributed by atoms with Crippen LogP contribution in [0.1, 0.15) is 18.4 Å². The zero-order valence-electron chi connectivity index (χ0n) is 15.9. The maximum atomic E-state index is 14.6. The van der Waals surface area contributed by atoms with Gasteiger partial charge < -0.3 is 29.9 Å². The molecule has 1 aliphatic heterocycles. The number of esters is 1. The van der Waals surface area contributed by atoms with Crippen LogP contribution in [0.4, 0.5) is 4.39 Å².